The van der Waals surface area contributed by atoms with Crippen molar-refractivity contribution in [2.75, 3.05) is 5.75 Å². The summed E-state index contributed by atoms with van der Waals surface area (Å²) in [6.45, 7) is 6.74. The van der Waals surface area contributed by atoms with Crippen LogP contribution < -0.4 is 0 Å². The normalized spacial score (nSPS) is 35.4. The zero-order chi connectivity index (χ0) is 22.8. The van der Waals surface area contributed by atoms with E-state index >= 15 is 0 Å². The van der Waals surface area contributed by atoms with Gasteiger partial charge in [0, 0.05) is 5.75 Å². The number of aliphatic hydroxyl groups is 1. The molecule has 3 aliphatic carbocycles. The smallest absolute Gasteiger partial charge is 0.133 e. The first kappa shape index (κ1) is 23.7. The minimum absolute atomic E-state index is 0.0156. The average Bonchev–Trinajstić information content (AvgIpc) is 3.09. The van der Waals surface area contributed by atoms with E-state index in [4.69, 9.17) is 5.26 Å². The summed E-state index contributed by atoms with van der Waals surface area (Å²) in [6, 6.07) is 6.03. The van der Waals surface area contributed by atoms with Crippen LogP contribution in [0.3, 0.4) is 0 Å². The summed E-state index contributed by atoms with van der Waals surface area (Å²) in [4.78, 5) is 0. The zero-order valence-electron chi connectivity index (χ0n) is 19.6. The van der Waals surface area contributed by atoms with E-state index in [1.54, 1.807) is 0 Å². The van der Waals surface area contributed by atoms with Gasteiger partial charge in [-0.2, -0.15) is 5.26 Å². The molecule has 174 valence electrons. The van der Waals surface area contributed by atoms with Gasteiger partial charge < -0.3 is 10.2 Å². The molecule has 3 nitrogen and oxygen atoms in total. The number of thioether (sulfide) groups is 1. The van der Waals surface area contributed by atoms with Crippen molar-refractivity contribution in [2.45, 2.75) is 89.6 Å². The topological polar surface area (TPSA) is 64.2 Å². The molecule has 32 heavy (non-hydrogen) atoms. The number of benzene rings is 1. The Morgan fingerprint density at radius 3 is 2.78 bits per heavy atom. The Balaban J connectivity index is 1.55. The molecule has 1 aromatic carbocycles. The molecule has 0 radical (unpaired) electrons. The van der Waals surface area contributed by atoms with E-state index in [1.807, 2.05) is 12.1 Å². The van der Waals surface area contributed by atoms with Crippen LogP contribution >= 0.6 is 11.8 Å². The number of unbranched alkanes of at least 4 members (excludes halogenated alkanes) is 4. The van der Waals surface area contributed by atoms with Crippen molar-refractivity contribution in [3.8, 4) is 11.2 Å². The number of hydrogen-bond donors (Lipinski definition) is 2. The SMILES string of the molecule is C=CC12CCc3cc(O)ccc3[C@H]1[C@@H](CCCCCCCSC#N)C[C@]1(C)[C@@H](O)CC[C@@H]21. The standard InChI is InChI=1S/C28H39NO2S/c1-3-28-15-14-20-17-22(30)10-11-23(20)26(28)21(9-7-5-4-6-8-16-32-19-29)18-27(2)24(28)12-13-25(27)31/h3,10-11,17,21,24-26,30-31H,1,4-9,12-16,18H2,2H3/t21-,24+,25-,26+,27-,28?/m0/s1. The van der Waals surface area contributed by atoms with Gasteiger partial charge in [0.2, 0.25) is 0 Å². The number of aromatic hydroxyl groups is 1. The Morgan fingerprint density at radius 1 is 1.22 bits per heavy atom. The second-order valence-electron chi connectivity index (χ2n) is 10.8. The van der Waals surface area contributed by atoms with Gasteiger partial charge in [-0.3, -0.25) is 0 Å². The van der Waals surface area contributed by atoms with Gasteiger partial charge in [0.25, 0.3) is 0 Å². The molecule has 1 aromatic rings. The minimum Gasteiger partial charge on any atom is -0.508 e. The van der Waals surface area contributed by atoms with Gasteiger partial charge in [0.15, 0.2) is 0 Å². The molecular weight excluding hydrogens is 414 g/mol. The highest BCUT2D eigenvalue weighted by atomic mass is 32.2. The van der Waals surface area contributed by atoms with Crippen molar-refractivity contribution in [1.29, 1.82) is 5.26 Å². The lowest BCUT2D eigenvalue weighted by molar-refractivity contribution is -0.0812. The number of fused-ring (bicyclic) bond motifs is 5. The molecule has 2 N–H and O–H groups in total. The number of aliphatic hydroxyl groups excluding tert-OH is 1. The summed E-state index contributed by atoms with van der Waals surface area (Å²) < 4.78 is 0. The summed E-state index contributed by atoms with van der Waals surface area (Å²) in [5.41, 5.74) is 2.77. The summed E-state index contributed by atoms with van der Waals surface area (Å²) in [5, 5.41) is 32.0. The predicted molar refractivity (Wildman–Crippen MR) is 133 cm³/mol. The van der Waals surface area contributed by atoms with E-state index in [0.29, 0.717) is 23.5 Å². The van der Waals surface area contributed by atoms with Crippen molar-refractivity contribution in [3.63, 3.8) is 0 Å². The highest BCUT2D eigenvalue weighted by Gasteiger charge is 2.63. The molecule has 0 saturated heterocycles. The first-order valence-electron chi connectivity index (χ1n) is 12.6. The fraction of sp³-hybridized carbons (Fsp3) is 0.679. The maximum atomic E-state index is 11.1. The summed E-state index contributed by atoms with van der Waals surface area (Å²) >= 11 is 1.37. The average molecular weight is 454 g/mol. The lowest BCUT2D eigenvalue weighted by Crippen LogP contribution is -2.54. The third-order valence-electron chi connectivity index (χ3n) is 9.24. The third-order valence-corrected chi connectivity index (χ3v) is 9.86. The van der Waals surface area contributed by atoms with Crippen molar-refractivity contribution < 1.29 is 10.2 Å². The minimum atomic E-state index is -0.202. The first-order valence-corrected chi connectivity index (χ1v) is 13.6. The van der Waals surface area contributed by atoms with E-state index in [0.717, 1.165) is 44.3 Å². The molecule has 4 rings (SSSR count). The van der Waals surface area contributed by atoms with Gasteiger partial charge in [-0.1, -0.05) is 44.7 Å². The molecule has 0 heterocycles. The van der Waals surface area contributed by atoms with Crippen molar-refractivity contribution >= 4 is 11.8 Å². The molecule has 2 fully saturated rings. The maximum absolute atomic E-state index is 11.1. The zero-order valence-corrected chi connectivity index (χ0v) is 20.4. The Hall–Kier alpha value is -1.44. The number of hydrogen-bond acceptors (Lipinski definition) is 4. The van der Waals surface area contributed by atoms with E-state index in [1.165, 1.54) is 55.0 Å². The van der Waals surface area contributed by atoms with Crippen LogP contribution in [0.15, 0.2) is 30.9 Å². The van der Waals surface area contributed by atoms with E-state index < -0.39 is 0 Å². The van der Waals surface area contributed by atoms with Crippen molar-refractivity contribution in [3.05, 3.63) is 42.0 Å². The molecular formula is C28H39NO2S. The van der Waals surface area contributed by atoms with Crippen LogP contribution in [-0.2, 0) is 6.42 Å². The highest BCUT2D eigenvalue weighted by Crippen LogP contribution is 2.69. The quantitative estimate of drug-likeness (QED) is 0.241. The summed E-state index contributed by atoms with van der Waals surface area (Å²) in [6.07, 6.45) is 14.5. The number of aryl methyl sites for hydroxylation is 1. The van der Waals surface area contributed by atoms with Gasteiger partial charge in [-0.15, -0.1) is 6.58 Å². The fourth-order valence-corrected chi connectivity index (χ4v) is 8.29. The Labute approximate surface area is 198 Å². The van der Waals surface area contributed by atoms with Gasteiger partial charge >= 0.3 is 0 Å². The number of nitrogens with zero attached hydrogens (tertiary/aromatic N) is 1. The second kappa shape index (κ2) is 9.82. The largest absolute Gasteiger partial charge is 0.508 e. The fourth-order valence-electron chi connectivity index (χ4n) is 7.85. The van der Waals surface area contributed by atoms with Gasteiger partial charge in [0.1, 0.15) is 11.2 Å². The van der Waals surface area contributed by atoms with Crippen LogP contribution in [0.4, 0.5) is 0 Å². The van der Waals surface area contributed by atoms with Crippen molar-refractivity contribution in [2.24, 2.45) is 22.7 Å². The van der Waals surface area contributed by atoms with Crippen LogP contribution in [-0.4, -0.2) is 22.1 Å². The van der Waals surface area contributed by atoms with Crippen LogP contribution in [0.2, 0.25) is 0 Å². The van der Waals surface area contributed by atoms with Gasteiger partial charge in [-0.25, -0.2) is 0 Å². The Morgan fingerprint density at radius 2 is 2.00 bits per heavy atom. The van der Waals surface area contributed by atoms with Gasteiger partial charge in [0.05, 0.1) is 6.10 Å². The monoisotopic (exact) mass is 453 g/mol. The van der Waals surface area contributed by atoms with Crippen LogP contribution in [0.5, 0.6) is 5.75 Å². The van der Waals surface area contributed by atoms with E-state index in [2.05, 4.69) is 31.0 Å². The molecule has 0 amide bonds. The van der Waals surface area contributed by atoms with Crippen LogP contribution in [0.25, 0.3) is 0 Å². The lowest BCUT2D eigenvalue weighted by Gasteiger charge is -2.60. The Kier molecular flexibility index (Phi) is 7.27. The number of phenols is 1. The first-order chi connectivity index (χ1) is 15.5. The third kappa shape index (κ3) is 4.12. The number of thiocyanates is 1. The van der Waals surface area contributed by atoms with Crippen LogP contribution in [0.1, 0.15) is 88.2 Å². The molecule has 2 saturated carbocycles. The molecule has 6 atom stereocenters. The van der Waals surface area contributed by atoms with Gasteiger partial charge in [-0.05, 0) is 109 Å². The number of rotatable bonds is 9. The molecule has 4 heteroatoms. The maximum Gasteiger partial charge on any atom is 0.133 e. The van der Waals surface area contributed by atoms with Crippen molar-refractivity contribution in [1.82, 2.24) is 0 Å². The predicted octanol–water partition coefficient (Wildman–Crippen LogP) is 6.95. The summed E-state index contributed by atoms with van der Waals surface area (Å²) in [5.74, 6) is 2.80. The number of phenolic OH excluding ortho intramolecular Hbond substituents is 1. The van der Waals surface area contributed by atoms with Crippen LogP contribution in [0, 0.1) is 33.3 Å². The Bertz CT molecular complexity index is 863. The molecule has 0 bridgehead atoms. The van der Waals surface area contributed by atoms with E-state index in [9.17, 15) is 10.2 Å². The second-order valence-corrected chi connectivity index (χ2v) is 11.7. The van der Waals surface area contributed by atoms with E-state index in [-0.39, 0.29) is 16.9 Å². The lowest BCUT2D eigenvalue weighted by atomic mass is 9.44. The highest BCUT2D eigenvalue weighted by molar-refractivity contribution is 8.03. The molecule has 0 aromatic heterocycles. The molecule has 3 aliphatic rings. The summed E-state index contributed by atoms with van der Waals surface area (Å²) in [7, 11) is 0. The molecule has 1 unspecified atom stereocenters. The molecule has 0 spiro atoms. The number of allylic oxidation sites excluding steroid dienone is 1. The number of nitriles is 1. The molecule has 0 aliphatic heterocycles.